The van der Waals surface area contributed by atoms with Crippen molar-refractivity contribution in [2.45, 2.75) is 26.7 Å². The van der Waals surface area contributed by atoms with Gasteiger partial charge in [-0.2, -0.15) is 13.9 Å². The van der Waals surface area contributed by atoms with Crippen LogP contribution in [-0.4, -0.2) is 19.1 Å². The molecule has 0 aromatic heterocycles. The fourth-order valence-electron chi connectivity index (χ4n) is 2.20. The van der Waals surface area contributed by atoms with Crippen molar-refractivity contribution >= 4 is 13.7 Å². The fourth-order valence-corrected chi connectivity index (χ4v) is 3.49. The first-order chi connectivity index (χ1) is 15.2. The third-order valence-corrected chi connectivity index (χ3v) is 5.36. The molecule has 0 amide bonds. The largest absolute Gasteiger partial charge is 0.513 e. The van der Waals surface area contributed by atoms with E-state index in [0.717, 1.165) is 12.8 Å². The van der Waals surface area contributed by atoms with Gasteiger partial charge in [0.05, 0.1) is 6.61 Å². The topological polar surface area (TPSA) is 73.9 Å². The molecule has 0 saturated heterocycles. The highest BCUT2D eigenvalue weighted by Crippen LogP contribution is 2.47. The van der Waals surface area contributed by atoms with Crippen LogP contribution in [0.15, 0.2) is 30.3 Å². The Bertz CT molecular complexity index is 959. The Morgan fingerprint density at radius 1 is 0.938 bits per heavy atom. The molecule has 12 heteroatoms. The van der Waals surface area contributed by atoms with Crippen molar-refractivity contribution in [1.82, 2.24) is 5.09 Å². The number of carbonyl (C=O) groups is 1. The van der Waals surface area contributed by atoms with Gasteiger partial charge in [0.25, 0.3) is 0 Å². The first-order valence-electron chi connectivity index (χ1n) is 9.66. The quantitative estimate of drug-likeness (QED) is 0.167. The standard InChI is InChI=1S/C18H15F5NO5P.C2H6/c19-13-14(20)16(22)18(17(23)15(13)21)29-30(26,28-11-4-2-1-3-5-11)24-8-12(25)27-9-10-6-7-10;1-2/h1-5,10H,6-9H2,(H,24,26);1-2H3. The summed E-state index contributed by atoms with van der Waals surface area (Å²) in [5, 5.41) is 2.01. The number of hydrogen-bond donors (Lipinski definition) is 1. The second-order valence-corrected chi connectivity index (χ2v) is 8.03. The number of benzene rings is 2. The monoisotopic (exact) mass is 481 g/mol. The maximum Gasteiger partial charge on any atom is 0.513 e. The first kappa shape index (κ1) is 25.6. The third-order valence-electron chi connectivity index (χ3n) is 3.94. The van der Waals surface area contributed by atoms with Gasteiger partial charge in [-0.05, 0) is 30.9 Å². The van der Waals surface area contributed by atoms with Crippen molar-refractivity contribution in [1.29, 1.82) is 0 Å². The van der Waals surface area contributed by atoms with Crippen molar-refractivity contribution in [3.63, 3.8) is 0 Å². The van der Waals surface area contributed by atoms with Gasteiger partial charge < -0.3 is 13.8 Å². The normalized spacial score (nSPS) is 14.6. The van der Waals surface area contributed by atoms with Gasteiger partial charge >= 0.3 is 13.7 Å². The van der Waals surface area contributed by atoms with Gasteiger partial charge in [0.1, 0.15) is 12.3 Å². The van der Waals surface area contributed by atoms with Crippen molar-refractivity contribution in [2.75, 3.05) is 13.2 Å². The Morgan fingerprint density at radius 3 is 2.00 bits per heavy atom. The maximum absolute atomic E-state index is 13.9. The van der Waals surface area contributed by atoms with Crippen molar-refractivity contribution < 1.29 is 45.1 Å². The Kier molecular flexibility index (Phi) is 9.03. The van der Waals surface area contributed by atoms with Crippen LogP contribution in [0.2, 0.25) is 0 Å². The second-order valence-electron chi connectivity index (χ2n) is 6.35. The van der Waals surface area contributed by atoms with E-state index in [1.807, 2.05) is 18.9 Å². The van der Waals surface area contributed by atoms with E-state index in [2.05, 4.69) is 4.52 Å². The molecule has 176 valence electrons. The summed E-state index contributed by atoms with van der Waals surface area (Å²) in [4.78, 5) is 11.8. The molecule has 0 heterocycles. The lowest BCUT2D eigenvalue weighted by Gasteiger charge is -2.21. The van der Waals surface area contributed by atoms with Crippen LogP contribution in [0.5, 0.6) is 11.5 Å². The zero-order chi connectivity index (χ0) is 23.9. The molecule has 1 saturated carbocycles. The zero-order valence-corrected chi connectivity index (χ0v) is 18.1. The molecule has 1 unspecified atom stereocenters. The minimum Gasteiger partial charge on any atom is -0.464 e. The van der Waals surface area contributed by atoms with E-state index in [1.165, 1.54) is 24.3 Å². The van der Waals surface area contributed by atoms with E-state index in [9.17, 15) is 31.3 Å². The molecule has 1 fully saturated rings. The van der Waals surface area contributed by atoms with Gasteiger partial charge in [-0.3, -0.25) is 4.79 Å². The molecule has 0 spiro atoms. The summed E-state index contributed by atoms with van der Waals surface area (Å²) in [7, 11) is -4.84. The smallest absolute Gasteiger partial charge is 0.464 e. The van der Waals surface area contributed by atoms with E-state index in [-0.39, 0.29) is 18.3 Å². The van der Waals surface area contributed by atoms with E-state index < -0.39 is 55.1 Å². The molecule has 1 aliphatic rings. The second kappa shape index (κ2) is 11.3. The Hall–Kier alpha value is -2.65. The lowest BCUT2D eigenvalue weighted by Crippen LogP contribution is -2.27. The van der Waals surface area contributed by atoms with Gasteiger partial charge in [0, 0.05) is 0 Å². The van der Waals surface area contributed by atoms with Gasteiger partial charge in [0.15, 0.2) is 0 Å². The molecular formula is C20H21F5NO5P. The number of rotatable bonds is 9. The molecule has 0 radical (unpaired) electrons. The summed E-state index contributed by atoms with van der Waals surface area (Å²) in [5.74, 6) is -14.3. The summed E-state index contributed by atoms with van der Waals surface area (Å²) in [6.45, 7) is 3.37. The minimum atomic E-state index is -4.84. The fraction of sp³-hybridized carbons (Fsp3) is 0.350. The van der Waals surface area contributed by atoms with E-state index in [1.54, 1.807) is 6.07 Å². The molecular weight excluding hydrogens is 460 g/mol. The highest BCUT2D eigenvalue weighted by Gasteiger charge is 2.36. The van der Waals surface area contributed by atoms with Crippen LogP contribution < -0.4 is 14.1 Å². The Morgan fingerprint density at radius 2 is 1.47 bits per heavy atom. The lowest BCUT2D eigenvalue weighted by molar-refractivity contribution is -0.142. The average molecular weight is 481 g/mol. The molecule has 0 bridgehead atoms. The van der Waals surface area contributed by atoms with Crippen LogP contribution in [-0.2, 0) is 14.1 Å². The highest BCUT2D eigenvalue weighted by molar-refractivity contribution is 7.52. The van der Waals surface area contributed by atoms with Crippen LogP contribution in [0.25, 0.3) is 0 Å². The maximum atomic E-state index is 13.9. The van der Waals surface area contributed by atoms with Crippen LogP contribution in [0, 0.1) is 35.0 Å². The van der Waals surface area contributed by atoms with Crippen LogP contribution in [0.3, 0.4) is 0 Å². The van der Waals surface area contributed by atoms with Gasteiger partial charge in [-0.1, -0.05) is 32.0 Å². The van der Waals surface area contributed by atoms with Crippen molar-refractivity contribution in [3.8, 4) is 11.5 Å². The first-order valence-corrected chi connectivity index (χ1v) is 11.2. The lowest BCUT2D eigenvalue weighted by atomic mass is 10.3. The van der Waals surface area contributed by atoms with Gasteiger partial charge in [-0.25, -0.2) is 17.7 Å². The average Bonchev–Trinajstić information content (AvgIpc) is 3.63. The molecule has 6 nitrogen and oxygen atoms in total. The minimum absolute atomic E-state index is 0.122. The Balaban J connectivity index is 0.00000176. The van der Waals surface area contributed by atoms with Crippen molar-refractivity contribution in [2.24, 2.45) is 5.92 Å². The highest BCUT2D eigenvalue weighted by atomic mass is 31.2. The SMILES string of the molecule is CC.O=C(CNP(=O)(Oc1ccccc1)Oc1c(F)c(F)c(F)c(F)c1F)OCC1CC1. The summed E-state index contributed by atoms with van der Waals surface area (Å²) < 4.78 is 95.5. The summed E-state index contributed by atoms with van der Waals surface area (Å²) in [6.07, 6.45) is 1.80. The number of esters is 1. The number of para-hydroxylation sites is 1. The molecule has 2 aromatic carbocycles. The number of carbonyl (C=O) groups excluding carboxylic acids is 1. The summed E-state index contributed by atoms with van der Waals surface area (Å²) in [6, 6.07) is 7.08. The van der Waals surface area contributed by atoms with E-state index >= 15 is 0 Å². The van der Waals surface area contributed by atoms with Crippen molar-refractivity contribution in [3.05, 3.63) is 59.4 Å². The van der Waals surface area contributed by atoms with Crippen LogP contribution in [0.4, 0.5) is 22.0 Å². The summed E-state index contributed by atoms with van der Waals surface area (Å²) >= 11 is 0. The molecule has 1 N–H and O–H groups in total. The summed E-state index contributed by atoms with van der Waals surface area (Å²) in [5.41, 5.74) is 0. The molecule has 32 heavy (non-hydrogen) atoms. The van der Waals surface area contributed by atoms with E-state index in [4.69, 9.17) is 9.26 Å². The van der Waals surface area contributed by atoms with Crippen LogP contribution >= 0.6 is 7.75 Å². The van der Waals surface area contributed by atoms with Crippen LogP contribution in [0.1, 0.15) is 26.7 Å². The number of ether oxygens (including phenoxy) is 1. The third kappa shape index (κ3) is 6.67. The zero-order valence-electron chi connectivity index (χ0n) is 17.2. The number of nitrogens with one attached hydrogen (secondary N) is 1. The van der Waals surface area contributed by atoms with Gasteiger partial charge in [0.2, 0.25) is 34.8 Å². The van der Waals surface area contributed by atoms with E-state index in [0.29, 0.717) is 0 Å². The molecule has 0 aliphatic heterocycles. The Labute approximate surface area is 181 Å². The molecule has 3 rings (SSSR count). The number of halogens is 5. The number of hydrogen-bond acceptors (Lipinski definition) is 5. The van der Waals surface area contributed by atoms with Gasteiger partial charge in [-0.15, -0.1) is 0 Å². The molecule has 1 atom stereocenters. The predicted octanol–water partition coefficient (Wildman–Crippen LogP) is 5.52. The molecule has 1 aliphatic carbocycles. The predicted molar refractivity (Wildman–Crippen MR) is 105 cm³/mol. The molecule has 2 aromatic rings.